The molecule has 6 heteroatoms. The molecule has 12 heavy (non-hydrogen) atoms. The molecule has 0 aliphatic heterocycles. The maximum absolute atomic E-state index is 12.6. The van der Waals surface area contributed by atoms with Crippen LogP contribution in [0.2, 0.25) is 0 Å². The minimum Gasteiger partial charge on any atom is -0.592 e. The quantitative estimate of drug-likeness (QED) is 0.401. The van der Waals surface area contributed by atoms with Crippen molar-refractivity contribution in [2.24, 2.45) is 5.28 Å². The van der Waals surface area contributed by atoms with Gasteiger partial charge in [-0.05, 0) is 10.9 Å². The molecule has 1 rings (SSSR count). The first-order chi connectivity index (χ1) is 5.65. The van der Waals surface area contributed by atoms with Crippen LogP contribution in [0.1, 0.15) is 0 Å². The first-order valence-corrected chi connectivity index (χ1v) is 2.92. The van der Waals surface area contributed by atoms with Crippen molar-refractivity contribution in [3.8, 4) is 0 Å². The Morgan fingerprint density at radius 2 is 2.08 bits per heavy atom. The third-order valence-electron chi connectivity index (χ3n) is 1.20. The Morgan fingerprint density at radius 3 is 2.58 bits per heavy atom. The number of nitrogens with zero attached hydrogens (tertiary/aromatic N) is 2. The fourth-order valence-corrected chi connectivity index (χ4v) is 0.685. The van der Waals surface area contributed by atoms with Crippen LogP contribution in [-0.2, 0) is 0 Å². The van der Waals surface area contributed by atoms with E-state index in [-0.39, 0.29) is 4.86 Å². The minimum absolute atomic E-state index is 0.352. The molecule has 64 valence electrons. The average molecular weight is 174 g/mol. The van der Waals surface area contributed by atoms with Crippen LogP contribution in [0.15, 0.2) is 23.5 Å². The van der Waals surface area contributed by atoms with Gasteiger partial charge in [0, 0.05) is 12.1 Å². The molecule has 0 saturated heterocycles. The van der Waals surface area contributed by atoms with Gasteiger partial charge in [0.1, 0.15) is 5.82 Å². The lowest BCUT2D eigenvalue weighted by Gasteiger charge is -1.97. The molecule has 0 radical (unpaired) electrons. The van der Waals surface area contributed by atoms with Gasteiger partial charge in [0.15, 0.2) is 0 Å². The number of hydrogen-bond donors (Lipinski definition) is 1. The molecule has 0 aliphatic carbocycles. The van der Waals surface area contributed by atoms with E-state index >= 15 is 0 Å². The Bertz CT molecular complexity index is 327. The highest BCUT2D eigenvalue weighted by Crippen LogP contribution is 2.17. The Morgan fingerprint density at radius 1 is 1.42 bits per heavy atom. The summed E-state index contributed by atoms with van der Waals surface area (Å²) in [7, 11) is 0. The average Bonchev–Trinajstić information content (AvgIpc) is 2.03. The summed E-state index contributed by atoms with van der Waals surface area (Å²) in [6.07, 6.45) is 0. The maximum atomic E-state index is 12.6. The molecule has 0 aromatic heterocycles. The molecular weight excluding hydrogens is 170 g/mol. The molecule has 0 aliphatic rings. The summed E-state index contributed by atoms with van der Waals surface area (Å²) in [6.45, 7) is 0. The summed E-state index contributed by atoms with van der Waals surface area (Å²) in [5, 5.41) is 20.6. The van der Waals surface area contributed by atoms with Gasteiger partial charge in [-0.25, -0.2) is 4.39 Å². The largest absolute Gasteiger partial charge is 0.592 e. The lowest BCUT2D eigenvalue weighted by Crippen LogP contribution is -1.94. The highest BCUT2D eigenvalue weighted by atomic mass is 19.1. The van der Waals surface area contributed by atoms with Gasteiger partial charge in [-0.15, -0.1) is 0 Å². The SMILES string of the molecule is [O-]/[N+](=N\O)c1ccc(F)cc1F. The summed E-state index contributed by atoms with van der Waals surface area (Å²) < 4.78 is 24.9. The van der Waals surface area contributed by atoms with Crippen molar-refractivity contribution in [1.82, 2.24) is 0 Å². The second kappa shape index (κ2) is 3.12. The molecule has 0 fully saturated rings. The van der Waals surface area contributed by atoms with Crippen LogP contribution in [0.5, 0.6) is 0 Å². The summed E-state index contributed by atoms with van der Waals surface area (Å²) in [5.74, 6) is -1.88. The molecule has 0 atom stereocenters. The molecule has 1 N–H and O–H groups in total. The van der Waals surface area contributed by atoms with Gasteiger partial charge in [0.2, 0.25) is 11.1 Å². The number of rotatable bonds is 1. The fourth-order valence-electron chi connectivity index (χ4n) is 0.685. The van der Waals surface area contributed by atoms with Crippen molar-refractivity contribution < 1.29 is 18.8 Å². The van der Waals surface area contributed by atoms with Crippen molar-refractivity contribution in [3.05, 3.63) is 35.0 Å². The van der Waals surface area contributed by atoms with Crippen LogP contribution in [0.4, 0.5) is 14.5 Å². The Kier molecular flexibility index (Phi) is 2.18. The van der Waals surface area contributed by atoms with Crippen LogP contribution in [0.25, 0.3) is 0 Å². The van der Waals surface area contributed by atoms with Crippen molar-refractivity contribution >= 4 is 5.69 Å². The fraction of sp³-hybridized carbons (Fsp3) is 0. The van der Waals surface area contributed by atoms with E-state index < -0.39 is 17.3 Å². The molecule has 1 aromatic rings. The topological polar surface area (TPSA) is 58.7 Å². The van der Waals surface area contributed by atoms with Gasteiger partial charge in [0.25, 0.3) is 5.69 Å². The molecule has 0 bridgehead atoms. The van der Waals surface area contributed by atoms with Gasteiger partial charge in [-0.3, -0.25) is 0 Å². The van der Waals surface area contributed by atoms with Gasteiger partial charge in [-0.2, -0.15) is 4.39 Å². The first kappa shape index (κ1) is 8.38. The smallest absolute Gasteiger partial charge is 0.283 e. The lowest BCUT2D eigenvalue weighted by atomic mass is 10.3. The molecule has 1 aromatic carbocycles. The van der Waals surface area contributed by atoms with Gasteiger partial charge >= 0.3 is 0 Å². The Balaban J connectivity index is 3.18. The van der Waals surface area contributed by atoms with Gasteiger partial charge < -0.3 is 10.4 Å². The highest BCUT2D eigenvalue weighted by Gasteiger charge is 2.12. The molecular formula is C6H4F2N2O2. The predicted molar refractivity (Wildman–Crippen MR) is 33.9 cm³/mol. The van der Waals surface area contributed by atoms with Crippen molar-refractivity contribution in [1.29, 1.82) is 0 Å². The molecule has 4 nitrogen and oxygen atoms in total. The summed E-state index contributed by atoms with van der Waals surface area (Å²) >= 11 is 0. The van der Waals surface area contributed by atoms with E-state index in [0.29, 0.717) is 6.07 Å². The van der Waals surface area contributed by atoms with Crippen LogP contribution < -0.4 is 0 Å². The van der Waals surface area contributed by atoms with Gasteiger partial charge in [-0.1, -0.05) is 0 Å². The second-order valence-electron chi connectivity index (χ2n) is 1.96. The van der Waals surface area contributed by atoms with Crippen molar-refractivity contribution in [2.75, 3.05) is 0 Å². The maximum Gasteiger partial charge on any atom is 0.283 e. The molecule has 0 saturated carbocycles. The van der Waals surface area contributed by atoms with E-state index in [1.165, 1.54) is 0 Å². The Labute approximate surface area is 65.9 Å². The standard InChI is InChI=1S/C6H4F2N2O2/c7-4-1-2-6(5(8)3-4)10(12)9-11/h1-3,11H/b10-9-. The van der Waals surface area contributed by atoms with Crippen LogP contribution >= 0.6 is 0 Å². The van der Waals surface area contributed by atoms with E-state index in [1.807, 2.05) is 0 Å². The van der Waals surface area contributed by atoms with Crippen LogP contribution in [0, 0.1) is 16.8 Å². The summed E-state index contributed by atoms with van der Waals surface area (Å²) in [5.41, 5.74) is -0.543. The highest BCUT2D eigenvalue weighted by molar-refractivity contribution is 5.31. The zero-order valence-corrected chi connectivity index (χ0v) is 5.74. The zero-order chi connectivity index (χ0) is 9.14. The molecule has 0 unspecified atom stereocenters. The van der Waals surface area contributed by atoms with Crippen molar-refractivity contribution in [2.45, 2.75) is 0 Å². The van der Waals surface area contributed by atoms with Crippen molar-refractivity contribution in [3.63, 3.8) is 0 Å². The van der Waals surface area contributed by atoms with Crippen LogP contribution in [0.3, 0.4) is 0 Å². The third-order valence-corrected chi connectivity index (χ3v) is 1.20. The van der Waals surface area contributed by atoms with Gasteiger partial charge in [0.05, 0.1) is 0 Å². The summed E-state index contributed by atoms with van der Waals surface area (Å²) in [4.78, 5) is -0.352. The van der Waals surface area contributed by atoms with Crippen LogP contribution in [-0.4, -0.2) is 10.1 Å². The number of hydrogen-bond acceptors (Lipinski definition) is 2. The normalized spacial score (nSPS) is 11.7. The lowest BCUT2D eigenvalue weighted by molar-refractivity contribution is -0.476. The zero-order valence-electron chi connectivity index (χ0n) is 5.74. The number of halogens is 2. The first-order valence-electron chi connectivity index (χ1n) is 2.92. The summed E-state index contributed by atoms with van der Waals surface area (Å²) in [6, 6.07) is 2.28. The minimum atomic E-state index is -1.08. The van der Waals surface area contributed by atoms with E-state index in [1.54, 1.807) is 0 Å². The molecule has 0 spiro atoms. The number of benzene rings is 1. The molecule has 0 amide bonds. The van der Waals surface area contributed by atoms with E-state index in [4.69, 9.17) is 5.21 Å². The third kappa shape index (κ3) is 1.47. The predicted octanol–water partition coefficient (Wildman–Crippen LogP) is 1.95. The monoisotopic (exact) mass is 174 g/mol. The molecule has 0 heterocycles. The second-order valence-corrected chi connectivity index (χ2v) is 1.96. The van der Waals surface area contributed by atoms with E-state index in [0.717, 1.165) is 12.1 Å². The van der Waals surface area contributed by atoms with E-state index in [9.17, 15) is 14.0 Å². The Hall–Kier alpha value is -1.72. The van der Waals surface area contributed by atoms with E-state index in [2.05, 4.69) is 5.28 Å².